The first-order chi connectivity index (χ1) is 25.0. The zero-order valence-electron chi connectivity index (χ0n) is 31.8. The molecular formula is C42H65NO8. The molecule has 9 heteroatoms. The largest absolute Gasteiger partial charge is 0.514 e. The minimum Gasteiger partial charge on any atom is -0.488 e. The number of amides is 1. The standard InChI is InChI=1S/C42H65NO8/c1-4-7-9-11-13-15-17-19-21-26-32-48-41(45)43-37-31-30-36(40(44)50-34-35-28-24-23-25-29-35)38(39(37)47-6-3)51-42(46)49-33-27-22-20-18-16-14-12-10-8-5-2/h23-25,28-31H,4-22,26-27,32-34H2,1-3H3,(H,43,45). The fourth-order valence-electron chi connectivity index (χ4n) is 5.77. The van der Waals surface area contributed by atoms with E-state index < -0.39 is 18.2 Å². The van der Waals surface area contributed by atoms with Crippen LogP contribution in [0.4, 0.5) is 15.3 Å². The van der Waals surface area contributed by atoms with Crippen LogP contribution in [0.5, 0.6) is 11.5 Å². The van der Waals surface area contributed by atoms with Gasteiger partial charge in [0, 0.05) is 0 Å². The summed E-state index contributed by atoms with van der Waals surface area (Å²) in [6.45, 7) is 6.88. The second-order valence-electron chi connectivity index (χ2n) is 13.1. The Kier molecular flexibility index (Phi) is 24.6. The lowest BCUT2D eigenvalue weighted by molar-refractivity contribution is 0.0466. The number of carbonyl (C=O) groups excluding carboxylic acids is 3. The van der Waals surface area contributed by atoms with Crippen LogP contribution in [0.3, 0.4) is 0 Å². The summed E-state index contributed by atoms with van der Waals surface area (Å²) in [7, 11) is 0. The van der Waals surface area contributed by atoms with E-state index in [1.165, 1.54) is 102 Å². The highest BCUT2D eigenvalue weighted by Crippen LogP contribution is 2.40. The molecule has 9 nitrogen and oxygen atoms in total. The minimum absolute atomic E-state index is 0.0124. The first kappa shape index (κ1) is 43.4. The van der Waals surface area contributed by atoms with E-state index in [2.05, 4.69) is 19.2 Å². The van der Waals surface area contributed by atoms with Crippen molar-refractivity contribution >= 4 is 23.9 Å². The Morgan fingerprint density at radius 1 is 0.549 bits per heavy atom. The van der Waals surface area contributed by atoms with Gasteiger partial charge in [-0.15, -0.1) is 0 Å². The number of esters is 1. The van der Waals surface area contributed by atoms with Crippen molar-refractivity contribution in [3.05, 3.63) is 53.6 Å². The maximum absolute atomic E-state index is 13.3. The van der Waals surface area contributed by atoms with Gasteiger partial charge in [-0.2, -0.15) is 0 Å². The predicted molar refractivity (Wildman–Crippen MR) is 204 cm³/mol. The highest BCUT2D eigenvalue weighted by Gasteiger charge is 2.26. The van der Waals surface area contributed by atoms with Gasteiger partial charge in [0.15, 0.2) is 11.5 Å². The Morgan fingerprint density at radius 2 is 1.06 bits per heavy atom. The summed E-state index contributed by atoms with van der Waals surface area (Å²) >= 11 is 0. The van der Waals surface area contributed by atoms with Crippen LogP contribution in [-0.2, 0) is 20.8 Å². The molecule has 1 amide bonds. The lowest BCUT2D eigenvalue weighted by Crippen LogP contribution is -2.19. The molecule has 2 rings (SSSR count). The fraction of sp³-hybridized carbons (Fsp3) is 0.643. The molecule has 0 saturated carbocycles. The Morgan fingerprint density at radius 3 is 1.59 bits per heavy atom. The van der Waals surface area contributed by atoms with Crippen molar-refractivity contribution in [3.63, 3.8) is 0 Å². The molecule has 0 unspecified atom stereocenters. The van der Waals surface area contributed by atoms with Crippen LogP contribution >= 0.6 is 0 Å². The van der Waals surface area contributed by atoms with Crippen molar-refractivity contribution in [2.75, 3.05) is 25.1 Å². The van der Waals surface area contributed by atoms with Gasteiger partial charge >= 0.3 is 18.2 Å². The van der Waals surface area contributed by atoms with Gasteiger partial charge in [-0.25, -0.2) is 14.4 Å². The lowest BCUT2D eigenvalue weighted by atomic mass is 10.1. The molecule has 0 heterocycles. The van der Waals surface area contributed by atoms with E-state index in [9.17, 15) is 14.4 Å². The van der Waals surface area contributed by atoms with Crippen LogP contribution < -0.4 is 14.8 Å². The fourth-order valence-corrected chi connectivity index (χ4v) is 5.77. The summed E-state index contributed by atoms with van der Waals surface area (Å²) in [5, 5.41) is 2.69. The van der Waals surface area contributed by atoms with Gasteiger partial charge in [0.1, 0.15) is 12.2 Å². The average Bonchev–Trinajstić information content (AvgIpc) is 3.13. The summed E-state index contributed by atoms with van der Waals surface area (Å²) < 4.78 is 27.8. The molecule has 2 aromatic carbocycles. The van der Waals surface area contributed by atoms with Gasteiger partial charge in [0.05, 0.1) is 25.5 Å². The maximum Gasteiger partial charge on any atom is 0.514 e. The highest BCUT2D eigenvalue weighted by molar-refractivity contribution is 5.97. The van der Waals surface area contributed by atoms with Gasteiger partial charge in [0.25, 0.3) is 0 Å². The third-order valence-corrected chi connectivity index (χ3v) is 8.70. The Bertz CT molecular complexity index is 1220. The van der Waals surface area contributed by atoms with Crippen molar-refractivity contribution in [3.8, 4) is 11.5 Å². The summed E-state index contributed by atoms with van der Waals surface area (Å²) in [4.78, 5) is 38.9. The average molecular weight is 712 g/mol. The minimum atomic E-state index is -0.968. The van der Waals surface area contributed by atoms with Crippen molar-refractivity contribution in [2.45, 2.75) is 156 Å². The number of anilines is 1. The molecule has 51 heavy (non-hydrogen) atoms. The van der Waals surface area contributed by atoms with E-state index in [1.807, 2.05) is 30.3 Å². The number of hydrogen-bond donors (Lipinski definition) is 1. The number of carbonyl (C=O) groups is 3. The number of nitrogens with one attached hydrogen (secondary N) is 1. The predicted octanol–water partition coefficient (Wildman–Crippen LogP) is 12.3. The SMILES string of the molecule is CCCCCCCCCCCCOC(=O)Nc1ccc(C(=O)OCc2ccccc2)c(OC(=O)OCCCCCCCCCCCC)c1OCC. The summed E-state index contributed by atoms with van der Waals surface area (Å²) in [6, 6.07) is 12.2. The third kappa shape index (κ3) is 20.0. The van der Waals surface area contributed by atoms with Gasteiger partial charge in [-0.05, 0) is 37.5 Å². The molecule has 0 bridgehead atoms. The van der Waals surface area contributed by atoms with Gasteiger partial charge < -0.3 is 23.7 Å². The van der Waals surface area contributed by atoms with Crippen LogP contribution in [0.1, 0.15) is 165 Å². The van der Waals surface area contributed by atoms with E-state index >= 15 is 0 Å². The lowest BCUT2D eigenvalue weighted by Gasteiger charge is -2.18. The number of benzene rings is 2. The topological polar surface area (TPSA) is 109 Å². The molecule has 0 aliphatic rings. The Labute approximate surface area is 307 Å². The van der Waals surface area contributed by atoms with Gasteiger partial charge in [0.2, 0.25) is 0 Å². The normalized spacial score (nSPS) is 10.8. The maximum atomic E-state index is 13.3. The second kappa shape index (κ2) is 28.9. The van der Waals surface area contributed by atoms with Crippen LogP contribution in [0.25, 0.3) is 0 Å². The van der Waals surface area contributed by atoms with Gasteiger partial charge in [-0.3, -0.25) is 5.32 Å². The molecule has 1 N–H and O–H groups in total. The molecule has 0 spiro atoms. The van der Waals surface area contributed by atoms with Crippen molar-refractivity contribution in [1.29, 1.82) is 0 Å². The van der Waals surface area contributed by atoms with Crippen LogP contribution in [0.15, 0.2) is 42.5 Å². The molecule has 0 radical (unpaired) electrons. The number of hydrogen-bond acceptors (Lipinski definition) is 8. The summed E-state index contributed by atoms with van der Waals surface area (Å²) in [6.07, 6.45) is 21.8. The number of ether oxygens (including phenoxy) is 5. The highest BCUT2D eigenvalue weighted by atomic mass is 16.7. The zero-order valence-corrected chi connectivity index (χ0v) is 31.8. The summed E-state index contributed by atoms with van der Waals surface area (Å²) in [5.41, 5.74) is 0.967. The second-order valence-corrected chi connectivity index (χ2v) is 13.1. The molecule has 0 fully saturated rings. The van der Waals surface area contributed by atoms with Crippen LogP contribution in [-0.4, -0.2) is 38.0 Å². The van der Waals surface area contributed by atoms with E-state index in [-0.39, 0.29) is 49.2 Å². The van der Waals surface area contributed by atoms with E-state index in [1.54, 1.807) is 6.92 Å². The van der Waals surface area contributed by atoms with Crippen LogP contribution in [0.2, 0.25) is 0 Å². The number of unbranched alkanes of at least 4 members (excludes halogenated alkanes) is 18. The third-order valence-electron chi connectivity index (χ3n) is 8.70. The first-order valence-electron chi connectivity index (χ1n) is 19.8. The molecule has 0 aromatic heterocycles. The van der Waals surface area contributed by atoms with Gasteiger partial charge in [-0.1, -0.05) is 160 Å². The van der Waals surface area contributed by atoms with Crippen molar-refractivity contribution in [1.82, 2.24) is 0 Å². The first-order valence-corrected chi connectivity index (χ1v) is 19.8. The molecule has 0 aliphatic heterocycles. The number of rotatable bonds is 29. The zero-order chi connectivity index (χ0) is 36.8. The Balaban J connectivity index is 1.96. The van der Waals surface area contributed by atoms with E-state index in [0.717, 1.165) is 37.7 Å². The summed E-state index contributed by atoms with van der Waals surface area (Å²) in [5.74, 6) is -0.888. The molecule has 2 aromatic rings. The monoisotopic (exact) mass is 711 g/mol. The van der Waals surface area contributed by atoms with Crippen LogP contribution in [0, 0.1) is 0 Å². The van der Waals surface area contributed by atoms with Crippen molar-refractivity contribution < 1.29 is 38.1 Å². The smallest absolute Gasteiger partial charge is 0.488 e. The molecular weight excluding hydrogens is 646 g/mol. The van der Waals surface area contributed by atoms with E-state index in [0.29, 0.717) is 6.42 Å². The Hall–Kier alpha value is -3.75. The molecule has 0 saturated heterocycles. The molecule has 286 valence electrons. The quantitative estimate of drug-likeness (QED) is 0.0384. The van der Waals surface area contributed by atoms with Crippen molar-refractivity contribution in [2.24, 2.45) is 0 Å². The molecule has 0 aliphatic carbocycles. The molecule has 0 atom stereocenters. The van der Waals surface area contributed by atoms with E-state index in [4.69, 9.17) is 23.7 Å².